The molecule has 0 bridgehead atoms. The number of rotatable bonds is 8. The predicted octanol–water partition coefficient (Wildman–Crippen LogP) is 2.38. The maximum Gasteiger partial charge on any atom is 0.408 e. The van der Waals surface area contributed by atoms with Crippen LogP contribution in [0.15, 0.2) is 65.6 Å². The summed E-state index contributed by atoms with van der Waals surface area (Å²) in [5.74, 6) is -0.845. The monoisotopic (exact) mass is 437 g/mol. The van der Waals surface area contributed by atoms with E-state index in [1.54, 1.807) is 43.4 Å². The number of hydrogen-bond acceptors (Lipinski definition) is 6. The van der Waals surface area contributed by atoms with Crippen molar-refractivity contribution in [3.8, 4) is 16.9 Å². The summed E-state index contributed by atoms with van der Waals surface area (Å²) in [7, 11) is 2.99. The number of carboxylic acids is 1. The smallest absolute Gasteiger partial charge is 0.408 e. The van der Waals surface area contributed by atoms with Gasteiger partial charge in [-0.1, -0.05) is 54.6 Å². The Morgan fingerprint density at radius 3 is 2.41 bits per heavy atom. The number of benzene rings is 2. The maximum absolute atomic E-state index is 12.5. The van der Waals surface area contributed by atoms with Crippen LogP contribution < -0.4 is 15.6 Å². The van der Waals surface area contributed by atoms with Crippen molar-refractivity contribution in [2.24, 2.45) is 7.05 Å². The number of alkyl carbamates (subject to hydrolysis) is 1. The van der Waals surface area contributed by atoms with Crippen LogP contribution in [0.5, 0.6) is 5.75 Å². The number of ether oxygens (including phenoxy) is 2. The predicted molar refractivity (Wildman–Crippen MR) is 116 cm³/mol. The third-order valence-electron chi connectivity index (χ3n) is 4.81. The van der Waals surface area contributed by atoms with Crippen LogP contribution in [-0.2, 0) is 29.6 Å². The van der Waals surface area contributed by atoms with Gasteiger partial charge in [0.15, 0.2) is 5.75 Å². The minimum Gasteiger partial charge on any atom is -0.494 e. The Kier molecular flexibility index (Phi) is 7.22. The van der Waals surface area contributed by atoms with Gasteiger partial charge in [0, 0.05) is 13.5 Å². The first-order valence-electron chi connectivity index (χ1n) is 9.78. The Labute approximate surface area is 184 Å². The highest BCUT2D eigenvalue weighted by atomic mass is 16.5. The Balaban J connectivity index is 1.69. The van der Waals surface area contributed by atoms with Crippen LogP contribution in [0.3, 0.4) is 0 Å². The fraction of sp³-hybridized carbons (Fsp3) is 0.217. The molecule has 2 N–H and O–H groups in total. The molecule has 0 radical (unpaired) electrons. The molecule has 0 saturated heterocycles. The van der Waals surface area contributed by atoms with Gasteiger partial charge in [-0.2, -0.15) is 5.10 Å². The molecule has 1 heterocycles. The third kappa shape index (κ3) is 5.51. The van der Waals surface area contributed by atoms with Crippen LogP contribution in [0.1, 0.15) is 11.1 Å². The topological polar surface area (TPSA) is 120 Å². The molecule has 0 unspecified atom stereocenters. The van der Waals surface area contributed by atoms with E-state index >= 15 is 0 Å². The summed E-state index contributed by atoms with van der Waals surface area (Å²) < 4.78 is 11.6. The lowest BCUT2D eigenvalue weighted by atomic mass is 10.0. The highest BCUT2D eigenvalue weighted by Crippen LogP contribution is 2.25. The number of aliphatic carboxylic acids is 1. The quantitative estimate of drug-likeness (QED) is 0.555. The van der Waals surface area contributed by atoms with E-state index in [1.165, 1.54) is 18.0 Å². The lowest BCUT2D eigenvalue weighted by Gasteiger charge is -2.15. The Morgan fingerprint density at radius 1 is 1.09 bits per heavy atom. The number of carboxylic acid groups (broad SMARTS) is 1. The van der Waals surface area contributed by atoms with Gasteiger partial charge in [0.2, 0.25) is 0 Å². The molecule has 0 fully saturated rings. The van der Waals surface area contributed by atoms with Crippen LogP contribution in [0.4, 0.5) is 4.79 Å². The Bertz CT molecular complexity index is 1140. The van der Waals surface area contributed by atoms with Crippen molar-refractivity contribution >= 4 is 12.1 Å². The van der Waals surface area contributed by atoms with Crippen LogP contribution in [0.2, 0.25) is 0 Å². The molecule has 0 aliphatic carbocycles. The van der Waals surface area contributed by atoms with E-state index in [4.69, 9.17) is 9.47 Å². The van der Waals surface area contributed by atoms with E-state index in [2.05, 4.69) is 10.4 Å². The van der Waals surface area contributed by atoms with Crippen LogP contribution in [0.25, 0.3) is 11.1 Å². The number of aromatic nitrogens is 2. The van der Waals surface area contributed by atoms with Crippen LogP contribution >= 0.6 is 0 Å². The zero-order valence-electron chi connectivity index (χ0n) is 17.6. The highest BCUT2D eigenvalue weighted by Gasteiger charge is 2.21. The van der Waals surface area contributed by atoms with Gasteiger partial charge in [-0.25, -0.2) is 14.3 Å². The molecule has 0 spiro atoms. The van der Waals surface area contributed by atoms with Crippen molar-refractivity contribution in [1.82, 2.24) is 15.1 Å². The number of nitrogens with one attached hydrogen (secondary N) is 1. The highest BCUT2D eigenvalue weighted by molar-refractivity contribution is 5.80. The lowest BCUT2D eigenvalue weighted by Crippen LogP contribution is -2.42. The summed E-state index contributed by atoms with van der Waals surface area (Å²) in [4.78, 5) is 36.1. The standard InChI is InChI=1S/C23H23N3O6/c1-26-21(27)20(19(31-2)13-24-26)17-10-8-15(9-11-17)12-18(22(28)29)25-23(30)32-14-16-6-4-3-5-7-16/h3-11,13,18H,12,14H2,1-2H3,(H,25,30)(H,28,29)/t18-/m0/s1. The Hall–Kier alpha value is -4.14. The molecule has 166 valence electrons. The first-order valence-corrected chi connectivity index (χ1v) is 9.78. The molecular formula is C23H23N3O6. The molecule has 1 aromatic heterocycles. The van der Waals surface area contributed by atoms with Gasteiger partial charge in [0.1, 0.15) is 12.6 Å². The lowest BCUT2D eigenvalue weighted by molar-refractivity contribution is -0.139. The zero-order valence-corrected chi connectivity index (χ0v) is 17.6. The molecule has 1 amide bonds. The molecule has 2 aromatic carbocycles. The molecule has 0 aliphatic rings. The van der Waals surface area contributed by atoms with E-state index in [9.17, 15) is 19.5 Å². The summed E-state index contributed by atoms with van der Waals surface area (Å²) in [6.07, 6.45) is 0.681. The van der Waals surface area contributed by atoms with Gasteiger partial charge in [0.25, 0.3) is 5.56 Å². The van der Waals surface area contributed by atoms with Crippen molar-refractivity contribution in [3.63, 3.8) is 0 Å². The van der Waals surface area contributed by atoms with E-state index in [0.29, 0.717) is 22.4 Å². The molecule has 3 rings (SSSR count). The summed E-state index contributed by atoms with van der Waals surface area (Å²) >= 11 is 0. The fourth-order valence-electron chi connectivity index (χ4n) is 3.09. The van der Waals surface area contributed by atoms with Gasteiger partial charge >= 0.3 is 12.1 Å². The molecule has 0 aliphatic heterocycles. The number of carbonyl (C=O) groups is 2. The first-order chi connectivity index (χ1) is 15.4. The number of hydrogen-bond donors (Lipinski definition) is 2. The van der Waals surface area contributed by atoms with E-state index in [1.807, 2.05) is 18.2 Å². The molecular weight excluding hydrogens is 414 g/mol. The van der Waals surface area contributed by atoms with E-state index < -0.39 is 18.1 Å². The van der Waals surface area contributed by atoms with Crippen molar-refractivity contribution in [1.29, 1.82) is 0 Å². The number of amides is 1. The van der Waals surface area contributed by atoms with Gasteiger partial charge in [-0.15, -0.1) is 0 Å². The molecule has 9 heteroatoms. The average Bonchev–Trinajstić information content (AvgIpc) is 2.80. The van der Waals surface area contributed by atoms with Gasteiger partial charge in [0.05, 0.1) is 18.9 Å². The van der Waals surface area contributed by atoms with Gasteiger partial charge < -0.3 is 19.9 Å². The SMILES string of the molecule is COc1cnn(C)c(=O)c1-c1ccc(C[C@H](NC(=O)OCc2ccccc2)C(=O)O)cc1. The summed E-state index contributed by atoms with van der Waals surface area (Å²) in [5.41, 5.74) is 2.10. The van der Waals surface area contributed by atoms with Crippen molar-refractivity contribution in [3.05, 3.63) is 82.3 Å². The normalized spacial score (nSPS) is 11.4. The van der Waals surface area contributed by atoms with Crippen LogP contribution in [0, 0.1) is 0 Å². The minimum atomic E-state index is -1.18. The summed E-state index contributed by atoms with van der Waals surface area (Å²) in [5, 5.41) is 15.8. The second kappa shape index (κ2) is 10.3. The fourth-order valence-corrected chi connectivity index (χ4v) is 3.09. The molecule has 32 heavy (non-hydrogen) atoms. The number of carbonyl (C=O) groups excluding carboxylic acids is 1. The molecule has 9 nitrogen and oxygen atoms in total. The number of aryl methyl sites for hydroxylation is 1. The minimum absolute atomic E-state index is 0.0381. The summed E-state index contributed by atoms with van der Waals surface area (Å²) in [6, 6.07) is 14.7. The zero-order chi connectivity index (χ0) is 23.1. The molecule has 3 aromatic rings. The van der Waals surface area contributed by atoms with Gasteiger partial charge in [-0.3, -0.25) is 4.79 Å². The largest absolute Gasteiger partial charge is 0.494 e. The molecule has 0 saturated carbocycles. The number of nitrogens with zero attached hydrogens (tertiary/aromatic N) is 2. The van der Waals surface area contributed by atoms with Crippen molar-refractivity contribution < 1.29 is 24.2 Å². The maximum atomic E-state index is 12.5. The first kappa shape index (κ1) is 22.5. The molecule has 1 atom stereocenters. The Morgan fingerprint density at radius 2 is 1.78 bits per heavy atom. The average molecular weight is 437 g/mol. The van der Waals surface area contributed by atoms with Gasteiger partial charge in [-0.05, 0) is 16.7 Å². The third-order valence-corrected chi connectivity index (χ3v) is 4.81. The second-order valence-corrected chi connectivity index (χ2v) is 7.01. The van der Waals surface area contributed by atoms with Crippen LogP contribution in [-0.4, -0.2) is 40.1 Å². The van der Waals surface area contributed by atoms with E-state index in [-0.39, 0.29) is 18.6 Å². The van der Waals surface area contributed by atoms with Crippen molar-refractivity contribution in [2.75, 3.05) is 7.11 Å². The van der Waals surface area contributed by atoms with E-state index in [0.717, 1.165) is 5.56 Å². The second-order valence-electron chi connectivity index (χ2n) is 7.01. The number of methoxy groups -OCH3 is 1. The summed E-state index contributed by atoms with van der Waals surface area (Å²) in [6.45, 7) is 0.0381. The van der Waals surface area contributed by atoms with Crippen molar-refractivity contribution in [2.45, 2.75) is 19.1 Å².